The second-order valence-electron chi connectivity index (χ2n) is 5.86. The highest BCUT2D eigenvalue weighted by Crippen LogP contribution is 2.14. The standard InChI is InChI=1S/C9H11N3O2.C8H6N4O5/c1-6(13)10-8-4-3-5-9(12-8)11-7(2)14;13-6-4-11(8(14)10-6)9-3-5-1-2-7(17-5)12(15)16/h3-5H,1-2H3,(H2,10,11,12,13,14);1-3H,4H2,(H,10,13,14)/b;9-3+. The number of carbonyl (C=O) groups excluding carboxylic acids is 4. The van der Waals surface area contributed by atoms with Crippen LogP contribution in [-0.4, -0.2) is 51.4 Å². The van der Waals surface area contributed by atoms with E-state index >= 15 is 0 Å². The monoisotopic (exact) mass is 431 g/mol. The molecule has 0 spiro atoms. The number of hydrogen-bond acceptors (Lipinski definition) is 9. The Labute approximate surface area is 174 Å². The van der Waals surface area contributed by atoms with Gasteiger partial charge < -0.3 is 15.1 Å². The van der Waals surface area contributed by atoms with E-state index in [4.69, 9.17) is 4.42 Å². The molecular formula is C17H17N7O7. The smallest absolute Gasteiger partial charge is 0.400 e. The van der Waals surface area contributed by atoms with E-state index in [0.29, 0.717) is 11.6 Å². The van der Waals surface area contributed by atoms with Crippen molar-refractivity contribution in [2.75, 3.05) is 17.2 Å². The van der Waals surface area contributed by atoms with Crippen LogP contribution in [0, 0.1) is 10.1 Å². The van der Waals surface area contributed by atoms with Crippen LogP contribution in [0.4, 0.5) is 22.3 Å². The molecule has 0 aromatic carbocycles. The van der Waals surface area contributed by atoms with Gasteiger partial charge in [-0.05, 0) is 18.2 Å². The zero-order chi connectivity index (χ0) is 23.0. The Kier molecular flexibility index (Phi) is 7.49. The Morgan fingerprint density at radius 1 is 1.19 bits per heavy atom. The number of nitro groups is 1. The SMILES string of the molecule is CC(=O)Nc1cccc(NC(C)=O)n1.O=C1CN(/N=C/c2ccc([N+](=O)[O-])o2)C(=O)N1. The normalized spacial score (nSPS) is 12.8. The van der Waals surface area contributed by atoms with E-state index in [1.807, 2.05) is 5.32 Å². The second-order valence-corrected chi connectivity index (χ2v) is 5.86. The predicted molar refractivity (Wildman–Crippen MR) is 106 cm³/mol. The van der Waals surface area contributed by atoms with Crippen molar-refractivity contribution in [2.45, 2.75) is 13.8 Å². The van der Waals surface area contributed by atoms with Crippen LogP contribution < -0.4 is 16.0 Å². The molecule has 3 rings (SSSR count). The average Bonchev–Trinajstić information content (AvgIpc) is 3.26. The largest absolute Gasteiger partial charge is 0.433 e. The molecule has 0 bridgehead atoms. The van der Waals surface area contributed by atoms with E-state index in [9.17, 15) is 29.3 Å². The zero-order valence-electron chi connectivity index (χ0n) is 16.3. The predicted octanol–water partition coefficient (Wildman–Crippen LogP) is 1.07. The van der Waals surface area contributed by atoms with Crippen LogP contribution >= 0.6 is 0 Å². The third-order valence-corrected chi connectivity index (χ3v) is 3.25. The molecule has 162 valence electrons. The molecule has 0 saturated carbocycles. The number of pyridine rings is 1. The van der Waals surface area contributed by atoms with Gasteiger partial charge in [0, 0.05) is 13.8 Å². The lowest BCUT2D eigenvalue weighted by Gasteiger charge is -2.04. The maximum atomic E-state index is 11.1. The second kappa shape index (κ2) is 10.2. The first-order chi connectivity index (χ1) is 14.6. The van der Waals surface area contributed by atoms with Gasteiger partial charge in [0.1, 0.15) is 23.1 Å². The molecular weight excluding hydrogens is 414 g/mol. The molecule has 14 heteroatoms. The summed E-state index contributed by atoms with van der Waals surface area (Å²) in [5.74, 6) is -0.322. The van der Waals surface area contributed by atoms with Gasteiger partial charge in [-0.15, -0.1) is 0 Å². The van der Waals surface area contributed by atoms with Crippen molar-refractivity contribution in [1.82, 2.24) is 15.3 Å². The lowest BCUT2D eigenvalue weighted by atomic mass is 10.4. The van der Waals surface area contributed by atoms with Crippen molar-refractivity contribution < 1.29 is 28.5 Å². The molecule has 0 aliphatic carbocycles. The van der Waals surface area contributed by atoms with Crippen molar-refractivity contribution in [3.8, 4) is 0 Å². The molecule has 1 aliphatic rings. The number of furan rings is 1. The number of amides is 5. The molecule has 0 unspecified atom stereocenters. The van der Waals surface area contributed by atoms with E-state index in [1.165, 1.54) is 19.9 Å². The van der Waals surface area contributed by atoms with Crippen LogP contribution in [0.25, 0.3) is 0 Å². The van der Waals surface area contributed by atoms with Gasteiger partial charge in [0.15, 0.2) is 5.76 Å². The highest BCUT2D eigenvalue weighted by atomic mass is 16.6. The molecule has 0 radical (unpaired) electrons. The van der Waals surface area contributed by atoms with E-state index in [0.717, 1.165) is 17.3 Å². The summed E-state index contributed by atoms with van der Waals surface area (Å²) in [7, 11) is 0. The summed E-state index contributed by atoms with van der Waals surface area (Å²) < 4.78 is 4.78. The fourth-order valence-electron chi connectivity index (χ4n) is 2.10. The van der Waals surface area contributed by atoms with Gasteiger partial charge in [-0.2, -0.15) is 5.10 Å². The zero-order valence-corrected chi connectivity index (χ0v) is 16.3. The third-order valence-electron chi connectivity index (χ3n) is 3.25. The van der Waals surface area contributed by atoms with Crippen LogP contribution in [0.2, 0.25) is 0 Å². The van der Waals surface area contributed by atoms with Crippen molar-refractivity contribution in [1.29, 1.82) is 0 Å². The van der Waals surface area contributed by atoms with Gasteiger partial charge in [0.05, 0.1) is 12.3 Å². The summed E-state index contributed by atoms with van der Waals surface area (Å²) in [6.45, 7) is 2.61. The first-order valence-electron chi connectivity index (χ1n) is 8.56. The Balaban J connectivity index is 0.000000225. The summed E-state index contributed by atoms with van der Waals surface area (Å²) in [6, 6.07) is 6.84. The molecule has 31 heavy (non-hydrogen) atoms. The molecule has 3 heterocycles. The number of nitrogens with zero attached hydrogens (tertiary/aromatic N) is 4. The highest BCUT2D eigenvalue weighted by molar-refractivity contribution is 6.02. The maximum absolute atomic E-state index is 11.1. The van der Waals surface area contributed by atoms with Crippen LogP contribution in [0.1, 0.15) is 19.6 Å². The molecule has 3 N–H and O–H groups in total. The summed E-state index contributed by atoms with van der Waals surface area (Å²) in [4.78, 5) is 56.9. The molecule has 1 aliphatic heterocycles. The number of hydrazone groups is 1. The Hall–Kier alpha value is -4.62. The van der Waals surface area contributed by atoms with E-state index in [2.05, 4.69) is 20.7 Å². The molecule has 14 nitrogen and oxygen atoms in total. The number of nitrogens with one attached hydrogen (secondary N) is 3. The summed E-state index contributed by atoms with van der Waals surface area (Å²) in [5, 5.41) is 21.9. The van der Waals surface area contributed by atoms with Crippen LogP contribution in [-0.2, 0) is 14.4 Å². The fourth-order valence-corrected chi connectivity index (χ4v) is 2.10. The number of urea groups is 1. The molecule has 1 fully saturated rings. The van der Waals surface area contributed by atoms with Gasteiger partial charge in [-0.25, -0.2) is 14.8 Å². The maximum Gasteiger partial charge on any atom is 0.433 e. The van der Waals surface area contributed by atoms with E-state index in [-0.39, 0.29) is 24.1 Å². The Morgan fingerprint density at radius 2 is 1.81 bits per heavy atom. The van der Waals surface area contributed by atoms with Crippen LogP contribution in [0.3, 0.4) is 0 Å². The number of rotatable bonds is 5. The Bertz CT molecular complexity index is 1020. The van der Waals surface area contributed by atoms with Gasteiger partial charge in [-0.3, -0.25) is 29.8 Å². The fraction of sp³-hybridized carbons (Fsp3) is 0.176. The summed E-state index contributed by atoms with van der Waals surface area (Å²) >= 11 is 0. The third kappa shape index (κ3) is 7.37. The van der Waals surface area contributed by atoms with Gasteiger partial charge in [0.2, 0.25) is 17.7 Å². The van der Waals surface area contributed by atoms with E-state index in [1.54, 1.807) is 18.2 Å². The van der Waals surface area contributed by atoms with Crippen LogP contribution in [0.15, 0.2) is 39.9 Å². The molecule has 0 atom stereocenters. The van der Waals surface area contributed by atoms with Gasteiger partial charge >= 0.3 is 11.9 Å². The van der Waals surface area contributed by atoms with Crippen molar-refractivity contribution >= 4 is 47.5 Å². The number of aromatic nitrogens is 1. The van der Waals surface area contributed by atoms with Gasteiger partial charge in [-0.1, -0.05) is 6.07 Å². The highest BCUT2D eigenvalue weighted by Gasteiger charge is 2.26. The molecule has 5 amide bonds. The van der Waals surface area contributed by atoms with Crippen molar-refractivity contribution in [2.24, 2.45) is 5.10 Å². The number of carbonyl (C=O) groups is 4. The van der Waals surface area contributed by atoms with E-state index < -0.39 is 22.7 Å². The minimum atomic E-state index is -0.691. The topological polar surface area (TPSA) is 189 Å². The number of anilines is 2. The van der Waals surface area contributed by atoms with Gasteiger partial charge in [0.25, 0.3) is 0 Å². The van der Waals surface area contributed by atoms with Crippen molar-refractivity contribution in [3.63, 3.8) is 0 Å². The molecule has 1 saturated heterocycles. The molecule has 2 aromatic rings. The molecule has 2 aromatic heterocycles. The van der Waals surface area contributed by atoms with Crippen LogP contribution in [0.5, 0.6) is 0 Å². The lowest BCUT2D eigenvalue weighted by Crippen LogP contribution is -2.24. The first kappa shape index (κ1) is 22.7. The quantitative estimate of drug-likeness (QED) is 0.271. The number of hydrogen-bond donors (Lipinski definition) is 3. The minimum absolute atomic E-state index is 0.115. The lowest BCUT2D eigenvalue weighted by molar-refractivity contribution is -0.402. The minimum Gasteiger partial charge on any atom is -0.400 e. The average molecular weight is 431 g/mol. The Morgan fingerprint density at radius 3 is 2.26 bits per heavy atom. The summed E-state index contributed by atoms with van der Waals surface area (Å²) in [5.41, 5.74) is 0. The first-order valence-corrected chi connectivity index (χ1v) is 8.56. The number of imide groups is 1. The van der Waals surface area contributed by atoms with Crippen molar-refractivity contribution in [3.05, 3.63) is 46.2 Å². The summed E-state index contributed by atoms with van der Waals surface area (Å²) in [6.07, 6.45) is 1.12.